The topological polar surface area (TPSA) is 35.5 Å². The van der Waals surface area contributed by atoms with E-state index in [1.807, 2.05) is 12.1 Å². The van der Waals surface area contributed by atoms with Crippen molar-refractivity contribution in [1.82, 2.24) is 10.2 Å². The fraction of sp³-hybridized carbons (Fsp3) is 0.600. The van der Waals surface area contributed by atoms with Crippen LogP contribution in [0.5, 0.6) is 5.75 Å². The summed E-state index contributed by atoms with van der Waals surface area (Å²) >= 11 is 0. The quantitative estimate of drug-likeness (QED) is 0.857. The van der Waals surface area contributed by atoms with E-state index in [4.69, 9.17) is 0 Å². The number of likely N-dealkylation sites (tertiary alicyclic amines) is 1. The Kier molecular flexibility index (Phi) is 4.61. The fourth-order valence-electron chi connectivity index (χ4n) is 2.67. The van der Waals surface area contributed by atoms with Crippen molar-refractivity contribution in [2.45, 2.75) is 32.4 Å². The highest BCUT2D eigenvalue weighted by atomic mass is 16.3. The first-order chi connectivity index (χ1) is 8.65. The molecule has 2 unspecified atom stereocenters. The summed E-state index contributed by atoms with van der Waals surface area (Å²) < 4.78 is 0. The van der Waals surface area contributed by atoms with Gasteiger partial charge < -0.3 is 15.3 Å². The Hall–Kier alpha value is -1.06. The zero-order valence-corrected chi connectivity index (χ0v) is 11.4. The number of nitrogens with zero attached hydrogens (tertiary/aromatic N) is 1. The number of hydrogen-bond acceptors (Lipinski definition) is 3. The maximum Gasteiger partial charge on any atom is 0.115 e. The summed E-state index contributed by atoms with van der Waals surface area (Å²) in [6.45, 7) is 5.59. The molecular formula is C15H24N2O. The van der Waals surface area contributed by atoms with Gasteiger partial charge in [-0.25, -0.2) is 0 Å². The molecule has 3 nitrogen and oxygen atoms in total. The van der Waals surface area contributed by atoms with Gasteiger partial charge >= 0.3 is 0 Å². The molecule has 0 bridgehead atoms. The van der Waals surface area contributed by atoms with Crippen LogP contribution in [0.1, 0.15) is 25.3 Å². The second-order valence-corrected chi connectivity index (χ2v) is 5.50. The largest absolute Gasteiger partial charge is 0.508 e. The van der Waals surface area contributed by atoms with Crippen LogP contribution in [0.3, 0.4) is 0 Å². The van der Waals surface area contributed by atoms with Gasteiger partial charge in [-0.2, -0.15) is 0 Å². The highest BCUT2D eigenvalue weighted by molar-refractivity contribution is 5.25. The number of phenols is 1. The second-order valence-electron chi connectivity index (χ2n) is 5.50. The summed E-state index contributed by atoms with van der Waals surface area (Å²) in [5.41, 5.74) is 1.23. The van der Waals surface area contributed by atoms with Crippen LogP contribution in [0.2, 0.25) is 0 Å². The molecule has 0 radical (unpaired) electrons. The van der Waals surface area contributed by atoms with Gasteiger partial charge in [-0.05, 0) is 57.0 Å². The third-order valence-corrected chi connectivity index (χ3v) is 3.93. The SMILES string of the molecule is CC(NCc1ccc(O)cc1)C1CCCN(C)C1. The Morgan fingerprint density at radius 2 is 2.11 bits per heavy atom. The Morgan fingerprint density at radius 1 is 1.39 bits per heavy atom. The normalized spacial score (nSPS) is 22.9. The standard InChI is InChI=1S/C15H24N2O/c1-12(14-4-3-9-17(2)11-14)16-10-13-5-7-15(18)8-6-13/h5-8,12,14,16,18H,3-4,9-11H2,1-2H3. The summed E-state index contributed by atoms with van der Waals surface area (Å²) in [6.07, 6.45) is 2.64. The van der Waals surface area contributed by atoms with Crippen molar-refractivity contribution >= 4 is 0 Å². The van der Waals surface area contributed by atoms with E-state index in [2.05, 4.69) is 24.2 Å². The Morgan fingerprint density at radius 3 is 2.78 bits per heavy atom. The summed E-state index contributed by atoms with van der Waals surface area (Å²) in [7, 11) is 2.21. The van der Waals surface area contributed by atoms with E-state index in [0.717, 1.165) is 12.5 Å². The molecule has 0 saturated carbocycles. The van der Waals surface area contributed by atoms with Crippen LogP contribution in [0, 0.1) is 5.92 Å². The van der Waals surface area contributed by atoms with Gasteiger partial charge in [0.15, 0.2) is 0 Å². The van der Waals surface area contributed by atoms with Gasteiger partial charge in [-0.3, -0.25) is 0 Å². The molecule has 2 N–H and O–H groups in total. The van der Waals surface area contributed by atoms with Gasteiger partial charge in [0.1, 0.15) is 5.75 Å². The van der Waals surface area contributed by atoms with Crippen molar-refractivity contribution in [2.24, 2.45) is 5.92 Å². The van der Waals surface area contributed by atoms with Crippen LogP contribution in [0.15, 0.2) is 24.3 Å². The van der Waals surface area contributed by atoms with Crippen LogP contribution in [0.25, 0.3) is 0 Å². The van der Waals surface area contributed by atoms with Crippen LogP contribution >= 0.6 is 0 Å². The first kappa shape index (κ1) is 13.4. The van der Waals surface area contributed by atoms with Gasteiger partial charge in [-0.15, -0.1) is 0 Å². The van der Waals surface area contributed by atoms with E-state index >= 15 is 0 Å². The number of benzene rings is 1. The molecule has 1 aliphatic rings. The van der Waals surface area contributed by atoms with Gasteiger partial charge in [0, 0.05) is 19.1 Å². The van der Waals surface area contributed by atoms with Crippen molar-refractivity contribution in [3.05, 3.63) is 29.8 Å². The Balaban J connectivity index is 1.80. The number of phenolic OH excluding ortho intramolecular Hbond substituents is 1. The van der Waals surface area contributed by atoms with E-state index in [0.29, 0.717) is 11.8 Å². The van der Waals surface area contributed by atoms with E-state index in [1.165, 1.54) is 31.5 Å². The second kappa shape index (κ2) is 6.21. The van der Waals surface area contributed by atoms with Crippen molar-refractivity contribution in [2.75, 3.05) is 20.1 Å². The van der Waals surface area contributed by atoms with Crippen molar-refractivity contribution in [1.29, 1.82) is 0 Å². The summed E-state index contributed by atoms with van der Waals surface area (Å²) in [4.78, 5) is 2.42. The van der Waals surface area contributed by atoms with Crippen LogP contribution in [-0.2, 0) is 6.54 Å². The van der Waals surface area contributed by atoms with Gasteiger partial charge in [0.05, 0.1) is 0 Å². The molecule has 0 aromatic heterocycles. The van der Waals surface area contributed by atoms with Crippen LogP contribution in [0.4, 0.5) is 0 Å². The summed E-state index contributed by atoms with van der Waals surface area (Å²) in [6, 6.07) is 7.98. The molecule has 0 aliphatic carbocycles. The lowest BCUT2D eigenvalue weighted by atomic mass is 9.92. The zero-order chi connectivity index (χ0) is 13.0. The summed E-state index contributed by atoms with van der Waals surface area (Å²) in [5.74, 6) is 1.08. The number of hydrogen-bond donors (Lipinski definition) is 2. The maximum atomic E-state index is 9.24. The number of nitrogens with one attached hydrogen (secondary N) is 1. The minimum atomic E-state index is 0.334. The molecule has 1 heterocycles. The lowest BCUT2D eigenvalue weighted by Crippen LogP contribution is -2.42. The first-order valence-corrected chi connectivity index (χ1v) is 6.85. The third kappa shape index (κ3) is 3.72. The molecule has 1 aromatic rings. The lowest BCUT2D eigenvalue weighted by molar-refractivity contribution is 0.178. The van der Waals surface area contributed by atoms with Crippen LogP contribution in [-0.4, -0.2) is 36.2 Å². The lowest BCUT2D eigenvalue weighted by Gasteiger charge is -2.34. The highest BCUT2D eigenvalue weighted by Gasteiger charge is 2.22. The van der Waals surface area contributed by atoms with Crippen molar-refractivity contribution in [3.8, 4) is 5.75 Å². The van der Waals surface area contributed by atoms with Crippen LogP contribution < -0.4 is 5.32 Å². The number of piperidine rings is 1. The van der Waals surface area contributed by atoms with E-state index in [1.54, 1.807) is 12.1 Å². The molecule has 2 rings (SSSR count). The third-order valence-electron chi connectivity index (χ3n) is 3.93. The smallest absolute Gasteiger partial charge is 0.115 e. The Labute approximate surface area is 110 Å². The van der Waals surface area contributed by atoms with Gasteiger partial charge in [0.25, 0.3) is 0 Å². The molecule has 18 heavy (non-hydrogen) atoms. The molecule has 3 heteroatoms. The average molecular weight is 248 g/mol. The van der Waals surface area contributed by atoms with E-state index < -0.39 is 0 Å². The average Bonchev–Trinajstić information content (AvgIpc) is 2.38. The molecule has 1 aliphatic heterocycles. The molecule has 0 amide bonds. The zero-order valence-electron chi connectivity index (χ0n) is 11.4. The molecule has 1 saturated heterocycles. The molecule has 2 atom stereocenters. The monoisotopic (exact) mass is 248 g/mol. The van der Waals surface area contributed by atoms with Crippen molar-refractivity contribution in [3.63, 3.8) is 0 Å². The molecule has 100 valence electrons. The first-order valence-electron chi connectivity index (χ1n) is 6.85. The fourth-order valence-corrected chi connectivity index (χ4v) is 2.67. The van der Waals surface area contributed by atoms with E-state index in [9.17, 15) is 5.11 Å². The Bertz CT molecular complexity index is 363. The molecule has 1 fully saturated rings. The predicted molar refractivity (Wildman–Crippen MR) is 74.6 cm³/mol. The molecule has 0 spiro atoms. The van der Waals surface area contributed by atoms with Gasteiger partial charge in [-0.1, -0.05) is 12.1 Å². The molecule has 1 aromatic carbocycles. The predicted octanol–water partition coefficient (Wildman–Crippen LogP) is 2.21. The van der Waals surface area contributed by atoms with Gasteiger partial charge in [0.2, 0.25) is 0 Å². The number of aromatic hydroxyl groups is 1. The minimum absolute atomic E-state index is 0.334. The minimum Gasteiger partial charge on any atom is -0.508 e. The maximum absolute atomic E-state index is 9.24. The summed E-state index contributed by atoms with van der Waals surface area (Å²) in [5, 5.41) is 12.8. The highest BCUT2D eigenvalue weighted by Crippen LogP contribution is 2.19. The van der Waals surface area contributed by atoms with Crippen molar-refractivity contribution < 1.29 is 5.11 Å². The molecular weight excluding hydrogens is 224 g/mol. The number of rotatable bonds is 4. The van der Waals surface area contributed by atoms with E-state index in [-0.39, 0.29) is 0 Å².